The van der Waals surface area contributed by atoms with Crippen molar-refractivity contribution in [2.45, 2.75) is 32.4 Å². The topological polar surface area (TPSA) is 81.7 Å². The summed E-state index contributed by atoms with van der Waals surface area (Å²) in [5.41, 5.74) is 0. The van der Waals surface area contributed by atoms with E-state index in [0.717, 1.165) is 0 Å². The molecule has 0 aromatic carbocycles. The van der Waals surface area contributed by atoms with Crippen LogP contribution in [0, 0.1) is 0 Å². The lowest BCUT2D eigenvalue weighted by molar-refractivity contribution is -0.144. The summed E-state index contributed by atoms with van der Waals surface area (Å²) in [5.74, 6) is -0.0785. The average Bonchev–Trinajstić information content (AvgIpc) is 2.61. The van der Waals surface area contributed by atoms with Crippen LogP contribution < -0.4 is 5.32 Å². The number of carbonyl (C=O) groups excluding carboxylic acids is 1. The molecule has 1 aliphatic heterocycles. The van der Waals surface area contributed by atoms with Crippen molar-refractivity contribution in [3.8, 4) is 0 Å². The van der Waals surface area contributed by atoms with Crippen LogP contribution in [0.4, 0.5) is 0 Å². The molecule has 0 aromatic rings. The second-order valence-electron chi connectivity index (χ2n) is 4.62. The summed E-state index contributed by atoms with van der Waals surface area (Å²) >= 11 is 0. The Kier molecular flexibility index (Phi) is 6.04. The van der Waals surface area contributed by atoms with Crippen molar-refractivity contribution in [1.29, 1.82) is 0 Å². The van der Waals surface area contributed by atoms with E-state index in [1.165, 1.54) is 0 Å². The van der Waals surface area contributed by atoms with E-state index in [9.17, 15) is 13.2 Å². The number of sulfone groups is 1. The van der Waals surface area contributed by atoms with E-state index in [1.807, 2.05) is 13.8 Å². The lowest BCUT2D eigenvalue weighted by Gasteiger charge is -2.11. The van der Waals surface area contributed by atoms with Crippen molar-refractivity contribution in [2.75, 3.05) is 31.3 Å². The lowest BCUT2D eigenvalue weighted by atomic mass is 10.3. The van der Waals surface area contributed by atoms with Crippen LogP contribution in [0.2, 0.25) is 0 Å². The predicted octanol–water partition coefficient (Wildman–Crippen LogP) is -0.269. The SMILES string of the molecule is CC(C)OCCOC(=O)CNC1CCS(=O)(=O)C1. The summed E-state index contributed by atoms with van der Waals surface area (Å²) in [6.07, 6.45) is 0.678. The Balaban J connectivity index is 2.07. The molecule has 1 saturated heterocycles. The molecule has 1 fully saturated rings. The minimum absolute atomic E-state index is 0.0435. The molecule has 7 heteroatoms. The average molecular weight is 279 g/mol. The van der Waals surface area contributed by atoms with E-state index in [0.29, 0.717) is 13.0 Å². The fraction of sp³-hybridized carbons (Fsp3) is 0.909. The predicted molar refractivity (Wildman–Crippen MR) is 67.1 cm³/mol. The van der Waals surface area contributed by atoms with Gasteiger partial charge in [0.25, 0.3) is 0 Å². The fourth-order valence-electron chi connectivity index (χ4n) is 1.67. The second kappa shape index (κ2) is 7.06. The lowest BCUT2D eigenvalue weighted by Crippen LogP contribution is -2.35. The minimum Gasteiger partial charge on any atom is -0.462 e. The largest absolute Gasteiger partial charge is 0.462 e. The van der Waals surface area contributed by atoms with E-state index < -0.39 is 9.84 Å². The maximum atomic E-state index is 11.3. The van der Waals surface area contributed by atoms with Gasteiger partial charge in [-0.2, -0.15) is 0 Å². The van der Waals surface area contributed by atoms with E-state index in [1.54, 1.807) is 0 Å². The van der Waals surface area contributed by atoms with Crippen molar-refractivity contribution in [2.24, 2.45) is 0 Å². The number of hydrogen-bond acceptors (Lipinski definition) is 6. The standard InChI is InChI=1S/C11H21NO5S/c1-9(2)16-4-5-17-11(13)7-12-10-3-6-18(14,15)8-10/h9-10,12H,3-8H2,1-2H3. The molecule has 106 valence electrons. The Bertz CT molecular complexity index is 366. The molecule has 0 aromatic heterocycles. The third-order valence-corrected chi connectivity index (χ3v) is 4.33. The third-order valence-electron chi connectivity index (χ3n) is 2.57. The first-order valence-electron chi connectivity index (χ1n) is 6.10. The van der Waals surface area contributed by atoms with Crippen LogP contribution in [0.25, 0.3) is 0 Å². The van der Waals surface area contributed by atoms with Crippen LogP contribution in [0.5, 0.6) is 0 Å². The van der Waals surface area contributed by atoms with E-state index in [-0.39, 0.29) is 42.8 Å². The Morgan fingerprint density at radius 2 is 2.11 bits per heavy atom. The highest BCUT2D eigenvalue weighted by Crippen LogP contribution is 2.10. The zero-order valence-corrected chi connectivity index (χ0v) is 11.7. The van der Waals surface area contributed by atoms with Gasteiger partial charge < -0.3 is 14.8 Å². The number of carbonyl (C=O) groups is 1. The Hall–Kier alpha value is -0.660. The van der Waals surface area contributed by atoms with Gasteiger partial charge in [0.05, 0.1) is 30.8 Å². The fourth-order valence-corrected chi connectivity index (χ4v) is 3.38. The first-order valence-corrected chi connectivity index (χ1v) is 7.92. The van der Waals surface area contributed by atoms with Gasteiger partial charge in [0.15, 0.2) is 9.84 Å². The monoisotopic (exact) mass is 279 g/mol. The van der Waals surface area contributed by atoms with Gasteiger partial charge in [-0.05, 0) is 20.3 Å². The molecule has 0 saturated carbocycles. The minimum atomic E-state index is -2.91. The summed E-state index contributed by atoms with van der Waals surface area (Å²) in [7, 11) is -2.91. The highest BCUT2D eigenvalue weighted by molar-refractivity contribution is 7.91. The number of hydrogen-bond donors (Lipinski definition) is 1. The molecule has 0 bridgehead atoms. The molecule has 0 spiro atoms. The van der Waals surface area contributed by atoms with Crippen LogP contribution in [-0.2, 0) is 24.1 Å². The molecule has 1 rings (SSSR count). The number of ether oxygens (including phenoxy) is 2. The molecule has 1 heterocycles. The zero-order valence-electron chi connectivity index (χ0n) is 10.8. The van der Waals surface area contributed by atoms with Crippen molar-refractivity contribution >= 4 is 15.8 Å². The van der Waals surface area contributed by atoms with Crippen LogP contribution in [0.1, 0.15) is 20.3 Å². The van der Waals surface area contributed by atoms with E-state index >= 15 is 0 Å². The normalized spacial score (nSPS) is 22.3. The molecule has 0 amide bonds. The Morgan fingerprint density at radius 3 is 2.67 bits per heavy atom. The molecule has 1 atom stereocenters. The van der Waals surface area contributed by atoms with Gasteiger partial charge in [0.1, 0.15) is 6.61 Å². The zero-order chi connectivity index (χ0) is 13.6. The number of esters is 1. The first kappa shape index (κ1) is 15.4. The van der Waals surface area contributed by atoms with Gasteiger partial charge in [-0.1, -0.05) is 0 Å². The summed E-state index contributed by atoms with van der Waals surface area (Å²) in [6.45, 7) is 4.46. The molecule has 0 aliphatic carbocycles. The van der Waals surface area contributed by atoms with Crippen LogP contribution in [0.15, 0.2) is 0 Å². The van der Waals surface area contributed by atoms with E-state index in [4.69, 9.17) is 9.47 Å². The highest BCUT2D eigenvalue weighted by atomic mass is 32.2. The Morgan fingerprint density at radius 1 is 1.39 bits per heavy atom. The molecule has 6 nitrogen and oxygen atoms in total. The number of nitrogens with one attached hydrogen (secondary N) is 1. The summed E-state index contributed by atoms with van der Waals surface area (Å²) < 4.78 is 32.5. The van der Waals surface area contributed by atoms with Gasteiger partial charge in [0.2, 0.25) is 0 Å². The Labute approximate surface area is 108 Å². The van der Waals surface area contributed by atoms with Crippen molar-refractivity contribution < 1.29 is 22.7 Å². The molecule has 1 unspecified atom stereocenters. The molecule has 1 aliphatic rings. The van der Waals surface area contributed by atoms with Crippen molar-refractivity contribution in [1.82, 2.24) is 5.32 Å². The second-order valence-corrected chi connectivity index (χ2v) is 6.85. The van der Waals surface area contributed by atoms with E-state index in [2.05, 4.69) is 5.32 Å². The molecule has 0 radical (unpaired) electrons. The van der Waals surface area contributed by atoms with Crippen LogP contribution in [-0.4, -0.2) is 57.8 Å². The maximum Gasteiger partial charge on any atom is 0.320 e. The van der Waals surface area contributed by atoms with Gasteiger partial charge in [-0.15, -0.1) is 0 Å². The van der Waals surface area contributed by atoms with Crippen LogP contribution in [0.3, 0.4) is 0 Å². The smallest absolute Gasteiger partial charge is 0.320 e. The van der Waals surface area contributed by atoms with Crippen molar-refractivity contribution in [3.05, 3.63) is 0 Å². The van der Waals surface area contributed by atoms with Gasteiger partial charge in [-0.25, -0.2) is 8.42 Å². The highest BCUT2D eigenvalue weighted by Gasteiger charge is 2.27. The number of rotatable bonds is 7. The first-order chi connectivity index (χ1) is 8.39. The van der Waals surface area contributed by atoms with Gasteiger partial charge in [-0.3, -0.25) is 4.79 Å². The third kappa shape index (κ3) is 6.32. The summed E-state index contributed by atoms with van der Waals surface area (Å²) in [5, 5.41) is 2.89. The molecule has 18 heavy (non-hydrogen) atoms. The molecular weight excluding hydrogens is 258 g/mol. The molecular formula is C11H21NO5S. The van der Waals surface area contributed by atoms with Gasteiger partial charge >= 0.3 is 5.97 Å². The van der Waals surface area contributed by atoms with Gasteiger partial charge in [0, 0.05) is 6.04 Å². The summed E-state index contributed by atoms with van der Waals surface area (Å²) in [6, 6.07) is -0.130. The van der Waals surface area contributed by atoms with Crippen molar-refractivity contribution in [3.63, 3.8) is 0 Å². The quantitative estimate of drug-likeness (QED) is 0.510. The van der Waals surface area contributed by atoms with Crippen LogP contribution >= 0.6 is 0 Å². The molecule has 1 N–H and O–H groups in total. The maximum absolute atomic E-state index is 11.3. The summed E-state index contributed by atoms with van der Waals surface area (Å²) in [4.78, 5) is 11.3.